The van der Waals surface area contributed by atoms with Gasteiger partial charge in [-0.2, -0.15) is 30.0 Å². The van der Waals surface area contributed by atoms with Gasteiger partial charge < -0.3 is 0 Å². The van der Waals surface area contributed by atoms with E-state index in [1.807, 2.05) is 192 Å². The van der Waals surface area contributed by atoms with Crippen LogP contribution in [0.5, 0.6) is 0 Å². The molecule has 0 saturated carbocycles. The molecule has 10 heteroatoms. The summed E-state index contributed by atoms with van der Waals surface area (Å²) in [4.78, 5) is 38.2. The molecule has 0 N–H and O–H groups in total. The summed E-state index contributed by atoms with van der Waals surface area (Å²) in [6.07, 6.45) is 7.53. The second-order valence-electron chi connectivity index (χ2n) is 11.9. The zero-order valence-electron chi connectivity index (χ0n) is 28.9. The number of allylic oxidation sites excluding steroid dienone is 5. The van der Waals surface area contributed by atoms with Gasteiger partial charge in [-0.05, 0) is 73.7 Å². The van der Waals surface area contributed by atoms with Gasteiger partial charge in [-0.15, -0.1) is 0 Å². The minimum absolute atomic E-state index is 0.328. The van der Waals surface area contributed by atoms with Crippen molar-refractivity contribution in [1.82, 2.24) is 4.90 Å². The highest BCUT2D eigenvalue weighted by atomic mass is 15.6. The molecule has 0 atom stereocenters. The number of guanidine groups is 6. The van der Waals surface area contributed by atoms with E-state index in [1.165, 1.54) is 0 Å². The summed E-state index contributed by atoms with van der Waals surface area (Å²) in [6, 6.07) is 50.0. The fourth-order valence-electron chi connectivity index (χ4n) is 6.03. The van der Waals surface area contributed by atoms with Gasteiger partial charge in [-0.3, -0.25) is 14.7 Å². The van der Waals surface area contributed by atoms with E-state index < -0.39 is 0 Å². The molecule has 3 aliphatic rings. The van der Waals surface area contributed by atoms with Gasteiger partial charge >= 0.3 is 0 Å². The van der Waals surface area contributed by atoms with Crippen molar-refractivity contribution in [1.29, 1.82) is 0 Å². The van der Waals surface area contributed by atoms with Crippen molar-refractivity contribution in [2.75, 3.05) is 14.7 Å². The van der Waals surface area contributed by atoms with Crippen molar-refractivity contribution in [2.45, 2.75) is 6.92 Å². The molecule has 5 aromatic rings. The molecule has 3 heterocycles. The molecule has 0 fully saturated rings. The number of anilines is 5. The molecule has 53 heavy (non-hydrogen) atoms. The topological polar surface area (TPSA) is 87.1 Å². The lowest BCUT2D eigenvalue weighted by atomic mass is 10.2. The summed E-state index contributed by atoms with van der Waals surface area (Å²) in [5.74, 6) is 2.14. The molecular weight excluding hydrogens is 657 g/mol. The van der Waals surface area contributed by atoms with E-state index in [-0.39, 0.29) is 0 Å². The van der Waals surface area contributed by atoms with Crippen LogP contribution in [-0.4, -0.2) is 40.7 Å². The lowest BCUT2D eigenvalue weighted by Crippen LogP contribution is -2.52. The van der Waals surface area contributed by atoms with Crippen LogP contribution in [0.4, 0.5) is 28.4 Å². The maximum absolute atomic E-state index is 5.10. The van der Waals surface area contributed by atoms with Crippen molar-refractivity contribution in [3.63, 3.8) is 0 Å². The standard InChI is InChI=1S/C43H34N10/c1-3-4-10-21-32(2)50(33-22-11-5-12-23-33)38-44-41-46-39(51(34-24-13-6-14-25-34)35-26-15-7-16-27-35)48-43-49-40(47-42(45-38)53(41)43)52(36-28-17-8-18-29-36)37-30-19-9-20-31-37/h3-31H,1H2,2H3/b10-4-,32-21+. The SMILES string of the molecule is C=C/C=C\C=C(/C)N(C1=NC2=NC(N(c3ccccc3)c3ccccc3)=NC3=NC(N(c4ccccc4)c4ccccc4)=NC(=N1)N23)c1ccccc1. The smallest absolute Gasteiger partial charge is 0.246 e. The fraction of sp³-hybridized carbons (Fsp3) is 0.0233. The van der Waals surface area contributed by atoms with Crippen molar-refractivity contribution in [3.8, 4) is 0 Å². The molecule has 10 nitrogen and oxygen atoms in total. The Labute approximate surface area is 308 Å². The van der Waals surface area contributed by atoms with Crippen LogP contribution in [0.3, 0.4) is 0 Å². The van der Waals surface area contributed by atoms with Gasteiger partial charge in [-0.25, -0.2) is 4.90 Å². The van der Waals surface area contributed by atoms with Crippen molar-refractivity contribution < 1.29 is 0 Å². The van der Waals surface area contributed by atoms with Gasteiger partial charge in [0, 0.05) is 34.1 Å². The van der Waals surface area contributed by atoms with Crippen LogP contribution >= 0.6 is 0 Å². The van der Waals surface area contributed by atoms with Crippen LogP contribution in [0, 0.1) is 0 Å². The molecule has 256 valence electrons. The minimum Gasteiger partial charge on any atom is -0.283 e. The Balaban J connectivity index is 1.36. The van der Waals surface area contributed by atoms with E-state index in [2.05, 4.69) is 6.58 Å². The lowest BCUT2D eigenvalue weighted by Gasteiger charge is -2.36. The Kier molecular flexibility index (Phi) is 9.14. The predicted molar refractivity (Wildman–Crippen MR) is 219 cm³/mol. The first-order valence-corrected chi connectivity index (χ1v) is 17.1. The van der Waals surface area contributed by atoms with E-state index in [0.29, 0.717) is 35.8 Å². The van der Waals surface area contributed by atoms with Crippen LogP contribution in [-0.2, 0) is 0 Å². The summed E-state index contributed by atoms with van der Waals surface area (Å²) in [5, 5.41) is 0. The number of benzene rings is 5. The largest absolute Gasteiger partial charge is 0.283 e. The third-order valence-corrected chi connectivity index (χ3v) is 8.41. The molecule has 0 aliphatic carbocycles. The van der Waals surface area contributed by atoms with E-state index in [1.54, 1.807) is 11.0 Å². The number of hydrogen-bond donors (Lipinski definition) is 0. The molecule has 0 spiro atoms. The number of aliphatic imine (C=N–C) groups is 6. The zero-order chi connectivity index (χ0) is 36.0. The van der Waals surface area contributed by atoms with Gasteiger partial charge in [0.2, 0.25) is 35.8 Å². The second-order valence-corrected chi connectivity index (χ2v) is 11.9. The molecule has 0 saturated heterocycles. The molecule has 0 unspecified atom stereocenters. The van der Waals surface area contributed by atoms with Crippen LogP contribution in [0.2, 0.25) is 0 Å². The molecule has 3 aliphatic heterocycles. The molecule has 0 amide bonds. The van der Waals surface area contributed by atoms with Crippen molar-refractivity contribution in [2.24, 2.45) is 30.0 Å². The molecule has 0 bridgehead atoms. The monoisotopic (exact) mass is 690 g/mol. The summed E-state index contributed by atoms with van der Waals surface area (Å²) < 4.78 is 0. The Hall–Kier alpha value is -7.46. The van der Waals surface area contributed by atoms with Crippen LogP contribution < -0.4 is 14.7 Å². The van der Waals surface area contributed by atoms with Crippen LogP contribution in [0.1, 0.15) is 6.92 Å². The third-order valence-electron chi connectivity index (χ3n) is 8.41. The van der Waals surface area contributed by atoms with Crippen molar-refractivity contribution in [3.05, 3.63) is 188 Å². The number of rotatable bonds is 8. The molecule has 0 radical (unpaired) electrons. The maximum Gasteiger partial charge on any atom is 0.246 e. The highest BCUT2D eigenvalue weighted by Crippen LogP contribution is 2.32. The van der Waals surface area contributed by atoms with Gasteiger partial charge in [0.25, 0.3) is 0 Å². The summed E-state index contributed by atoms with van der Waals surface area (Å²) in [6.45, 7) is 5.83. The quantitative estimate of drug-likeness (QED) is 0.152. The highest BCUT2D eigenvalue weighted by molar-refractivity contribution is 6.34. The van der Waals surface area contributed by atoms with Gasteiger partial charge in [-0.1, -0.05) is 116 Å². The number of hydrogen-bond acceptors (Lipinski definition) is 10. The molecule has 0 aromatic heterocycles. The third kappa shape index (κ3) is 6.72. The first-order valence-electron chi connectivity index (χ1n) is 17.1. The highest BCUT2D eigenvalue weighted by Gasteiger charge is 2.39. The molecule has 8 rings (SSSR count). The number of para-hydroxylation sites is 5. The van der Waals surface area contributed by atoms with E-state index in [4.69, 9.17) is 30.0 Å². The summed E-state index contributed by atoms with van der Waals surface area (Å²) in [5.41, 5.74) is 5.25. The van der Waals surface area contributed by atoms with E-state index in [9.17, 15) is 0 Å². The minimum atomic E-state index is 0.328. The fourth-order valence-corrected chi connectivity index (χ4v) is 6.03. The first-order chi connectivity index (χ1) is 26.2. The number of nitrogens with zero attached hydrogens (tertiary/aromatic N) is 10. The summed E-state index contributed by atoms with van der Waals surface area (Å²) in [7, 11) is 0. The second kappa shape index (κ2) is 14.8. The van der Waals surface area contributed by atoms with Crippen molar-refractivity contribution >= 4 is 64.2 Å². The van der Waals surface area contributed by atoms with Crippen LogP contribution in [0.15, 0.2) is 218 Å². The van der Waals surface area contributed by atoms with Gasteiger partial charge in [0.15, 0.2) is 0 Å². The maximum atomic E-state index is 5.10. The first kappa shape index (κ1) is 32.7. The van der Waals surface area contributed by atoms with Gasteiger partial charge in [0.1, 0.15) is 0 Å². The molecule has 5 aromatic carbocycles. The predicted octanol–water partition coefficient (Wildman–Crippen LogP) is 9.29. The van der Waals surface area contributed by atoms with E-state index in [0.717, 1.165) is 34.1 Å². The average Bonchev–Trinajstić information content (AvgIpc) is 3.20. The zero-order valence-corrected chi connectivity index (χ0v) is 28.9. The van der Waals surface area contributed by atoms with E-state index >= 15 is 0 Å². The van der Waals surface area contributed by atoms with Crippen LogP contribution in [0.25, 0.3) is 0 Å². The lowest BCUT2D eigenvalue weighted by molar-refractivity contribution is 0.820. The molecular formula is C43H34N10. The Morgan fingerprint density at radius 2 is 0.792 bits per heavy atom. The Bertz CT molecular complexity index is 2200. The Morgan fingerprint density at radius 1 is 0.453 bits per heavy atom. The average molecular weight is 691 g/mol. The Morgan fingerprint density at radius 3 is 1.17 bits per heavy atom. The normalized spacial score (nSPS) is 14.9. The van der Waals surface area contributed by atoms with Gasteiger partial charge in [0.05, 0.1) is 0 Å². The summed E-state index contributed by atoms with van der Waals surface area (Å²) >= 11 is 0.